The fourth-order valence-electron chi connectivity index (χ4n) is 3.27. The zero-order valence-corrected chi connectivity index (χ0v) is 16.8. The minimum absolute atomic E-state index is 0.232. The van der Waals surface area contributed by atoms with Crippen LogP contribution >= 0.6 is 0 Å². The molecule has 6 nitrogen and oxygen atoms in total. The molecular formula is C25H19NO5. The van der Waals surface area contributed by atoms with Gasteiger partial charge in [0, 0.05) is 12.1 Å². The van der Waals surface area contributed by atoms with Crippen molar-refractivity contribution >= 4 is 29.5 Å². The van der Waals surface area contributed by atoms with Gasteiger partial charge < -0.3 is 9.47 Å². The number of carbonyl (C=O) groups is 3. The molecule has 3 aromatic rings. The van der Waals surface area contributed by atoms with Crippen LogP contribution in [0.5, 0.6) is 11.5 Å². The Balaban J connectivity index is 1.46. The minimum atomic E-state index is -0.576. The molecule has 0 fully saturated rings. The zero-order chi connectivity index (χ0) is 21.8. The Morgan fingerprint density at radius 3 is 2.19 bits per heavy atom. The molecule has 3 aromatic carbocycles. The van der Waals surface area contributed by atoms with Crippen LogP contribution in [0.15, 0.2) is 78.9 Å². The molecule has 154 valence electrons. The van der Waals surface area contributed by atoms with Gasteiger partial charge in [0.05, 0.1) is 23.4 Å². The van der Waals surface area contributed by atoms with Crippen molar-refractivity contribution in [3.63, 3.8) is 0 Å². The lowest BCUT2D eigenvalue weighted by molar-refractivity contribution is -0.128. The van der Waals surface area contributed by atoms with Crippen molar-refractivity contribution in [1.82, 2.24) is 0 Å². The third-order valence-electron chi connectivity index (χ3n) is 4.69. The van der Waals surface area contributed by atoms with Crippen LogP contribution in [0.25, 0.3) is 6.08 Å². The predicted molar refractivity (Wildman–Crippen MR) is 116 cm³/mol. The van der Waals surface area contributed by atoms with Gasteiger partial charge in [-0.2, -0.15) is 0 Å². The van der Waals surface area contributed by atoms with Crippen LogP contribution in [0.4, 0.5) is 5.69 Å². The summed E-state index contributed by atoms with van der Waals surface area (Å²) in [6.45, 7) is 2.49. The third kappa shape index (κ3) is 4.23. The van der Waals surface area contributed by atoms with Gasteiger partial charge in [-0.3, -0.25) is 9.59 Å². The van der Waals surface area contributed by atoms with Gasteiger partial charge >= 0.3 is 5.97 Å². The second kappa shape index (κ2) is 8.67. The van der Waals surface area contributed by atoms with Gasteiger partial charge in [-0.25, -0.2) is 9.69 Å². The van der Waals surface area contributed by atoms with Crippen molar-refractivity contribution in [2.75, 3.05) is 11.5 Å². The molecule has 1 aliphatic heterocycles. The lowest BCUT2D eigenvalue weighted by Crippen LogP contribution is -2.29. The van der Waals surface area contributed by atoms with E-state index in [1.165, 1.54) is 12.1 Å². The number of hydrogen-bond donors (Lipinski definition) is 0. The predicted octanol–water partition coefficient (Wildman–Crippen LogP) is 4.50. The average molecular weight is 413 g/mol. The molecule has 0 atom stereocenters. The molecule has 0 spiro atoms. The van der Waals surface area contributed by atoms with Crippen molar-refractivity contribution in [2.45, 2.75) is 6.92 Å². The van der Waals surface area contributed by atoms with Gasteiger partial charge in [-0.1, -0.05) is 30.3 Å². The molecular weight excluding hydrogens is 394 g/mol. The van der Waals surface area contributed by atoms with Crippen molar-refractivity contribution in [2.24, 2.45) is 0 Å². The summed E-state index contributed by atoms with van der Waals surface area (Å²) in [5.74, 6) is -0.394. The summed E-state index contributed by atoms with van der Waals surface area (Å²) in [6.07, 6.45) is 2.94. The average Bonchev–Trinajstić information content (AvgIpc) is 3.04. The van der Waals surface area contributed by atoms with E-state index in [2.05, 4.69) is 0 Å². The van der Waals surface area contributed by atoms with Crippen LogP contribution in [0.1, 0.15) is 33.2 Å². The number of amides is 2. The zero-order valence-electron chi connectivity index (χ0n) is 16.8. The smallest absolute Gasteiger partial charge is 0.336 e. The Bertz CT molecular complexity index is 1150. The number of carbonyl (C=O) groups excluding carboxylic acids is 3. The standard InChI is InChI=1S/C25H19NO5/c1-2-30-19-13-10-17(11-14-19)12-15-23(27)31-20-7-5-6-18(16-20)26-24(28)21-8-3-4-9-22(21)25(26)29/h3-16H,2H2,1H3/b15-12+. The van der Waals surface area contributed by atoms with Crippen molar-refractivity contribution in [3.8, 4) is 11.5 Å². The van der Waals surface area contributed by atoms with Crippen LogP contribution in [-0.4, -0.2) is 24.4 Å². The number of benzene rings is 3. The monoisotopic (exact) mass is 413 g/mol. The SMILES string of the molecule is CCOc1ccc(/C=C/C(=O)Oc2cccc(N3C(=O)c4ccccc4C3=O)c2)cc1. The van der Waals surface area contributed by atoms with Crippen LogP contribution < -0.4 is 14.4 Å². The maximum atomic E-state index is 12.6. The molecule has 0 bridgehead atoms. The summed E-state index contributed by atoms with van der Waals surface area (Å²) in [4.78, 5) is 38.6. The Labute approximate surface area is 179 Å². The second-order valence-electron chi connectivity index (χ2n) is 6.75. The van der Waals surface area contributed by atoms with Gasteiger partial charge in [-0.05, 0) is 55.0 Å². The minimum Gasteiger partial charge on any atom is -0.494 e. The number of anilines is 1. The molecule has 0 N–H and O–H groups in total. The normalized spacial score (nSPS) is 12.9. The first-order valence-electron chi connectivity index (χ1n) is 9.77. The summed E-state index contributed by atoms with van der Waals surface area (Å²) in [6, 6.07) is 20.3. The molecule has 0 aromatic heterocycles. The summed E-state index contributed by atoms with van der Waals surface area (Å²) in [5, 5.41) is 0. The summed E-state index contributed by atoms with van der Waals surface area (Å²) < 4.78 is 10.7. The Morgan fingerprint density at radius 1 is 0.871 bits per heavy atom. The van der Waals surface area contributed by atoms with Gasteiger partial charge in [-0.15, -0.1) is 0 Å². The van der Waals surface area contributed by atoms with E-state index in [9.17, 15) is 14.4 Å². The lowest BCUT2D eigenvalue weighted by Gasteiger charge is -2.14. The van der Waals surface area contributed by atoms with E-state index in [0.29, 0.717) is 23.4 Å². The van der Waals surface area contributed by atoms with E-state index >= 15 is 0 Å². The topological polar surface area (TPSA) is 72.9 Å². The van der Waals surface area contributed by atoms with Crippen LogP contribution in [0.2, 0.25) is 0 Å². The Hall–Kier alpha value is -4.19. The maximum absolute atomic E-state index is 12.6. The number of hydrogen-bond acceptors (Lipinski definition) is 5. The van der Waals surface area contributed by atoms with E-state index in [4.69, 9.17) is 9.47 Å². The van der Waals surface area contributed by atoms with Crippen molar-refractivity contribution < 1.29 is 23.9 Å². The molecule has 0 saturated carbocycles. The second-order valence-corrected chi connectivity index (χ2v) is 6.75. The molecule has 0 unspecified atom stereocenters. The fourth-order valence-corrected chi connectivity index (χ4v) is 3.27. The Morgan fingerprint density at radius 2 is 1.55 bits per heavy atom. The Kier molecular flexibility index (Phi) is 5.62. The van der Waals surface area contributed by atoms with Gasteiger partial charge in [0.15, 0.2) is 0 Å². The first-order chi connectivity index (χ1) is 15.1. The van der Waals surface area contributed by atoms with Crippen LogP contribution in [0, 0.1) is 0 Å². The van der Waals surface area contributed by atoms with Crippen molar-refractivity contribution in [3.05, 3.63) is 95.6 Å². The van der Waals surface area contributed by atoms with Gasteiger partial charge in [0.25, 0.3) is 11.8 Å². The number of fused-ring (bicyclic) bond motifs is 1. The highest BCUT2D eigenvalue weighted by atomic mass is 16.5. The first kappa shape index (κ1) is 20.1. The number of imide groups is 1. The molecule has 2 amide bonds. The molecule has 1 aliphatic rings. The highest BCUT2D eigenvalue weighted by molar-refractivity contribution is 6.34. The molecule has 1 heterocycles. The van der Waals surface area contributed by atoms with E-state index in [1.807, 2.05) is 31.2 Å². The molecule has 0 radical (unpaired) electrons. The molecule has 0 aliphatic carbocycles. The third-order valence-corrected chi connectivity index (χ3v) is 4.69. The number of esters is 1. The van der Waals surface area contributed by atoms with E-state index < -0.39 is 17.8 Å². The first-order valence-corrected chi connectivity index (χ1v) is 9.77. The summed E-state index contributed by atoms with van der Waals surface area (Å²) in [5.41, 5.74) is 1.87. The highest BCUT2D eigenvalue weighted by Crippen LogP contribution is 2.30. The van der Waals surface area contributed by atoms with Gasteiger partial charge in [0.2, 0.25) is 0 Å². The van der Waals surface area contributed by atoms with E-state index in [1.54, 1.807) is 48.5 Å². The summed E-state index contributed by atoms with van der Waals surface area (Å²) in [7, 11) is 0. The van der Waals surface area contributed by atoms with Crippen LogP contribution in [0.3, 0.4) is 0 Å². The van der Waals surface area contributed by atoms with Crippen molar-refractivity contribution in [1.29, 1.82) is 0 Å². The quantitative estimate of drug-likeness (QED) is 0.257. The number of ether oxygens (including phenoxy) is 2. The van der Waals surface area contributed by atoms with Gasteiger partial charge in [0.1, 0.15) is 11.5 Å². The number of rotatable bonds is 6. The van der Waals surface area contributed by atoms with Crippen LogP contribution in [-0.2, 0) is 4.79 Å². The fraction of sp³-hybridized carbons (Fsp3) is 0.0800. The largest absolute Gasteiger partial charge is 0.494 e. The molecule has 6 heteroatoms. The highest BCUT2D eigenvalue weighted by Gasteiger charge is 2.36. The molecule has 4 rings (SSSR count). The van der Waals surface area contributed by atoms with E-state index in [0.717, 1.165) is 16.2 Å². The maximum Gasteiger partial charge on any atom is 0.336 e. The molecule has 31 heavy (non-hydrogen) atoms. The summed E-state index contributed by atoms with van der Waals surface area (Å²) >= 11 is 0. The molecule has 0 saturated heterocycles. The lowest BCUT2D eigenvalue weighted by atomic mass is 10.1. The number of nitrogens with zero attached hydrogens (tertiary/aromatic N) is 1. The van der Waals surface area contributed by atoms with E-state index in [-0.39, 0.29) is 5.75 Å².